The summed E-state index contributed by atoms with van der Waals surface area (Å²) in [5.41, 5.74) is 5.38. The van der Waals surface area contributed by atoms with Crippen molar-refractivity contribution in [1.82, 2.24) is 5.32 Å². The number of hydrogen-bond acceptors (Lipinski definition) is 6. The van der Waals surface area contributed by atoms with Gasteiger partial charge in [-0.2, -0.15) is 0 Å². The third-order valence-electron chi connectivity index (χ3n) is 10.4. The number of hydrogen-bond donors (Lipinski definition) is 4. The molecule has 1 amide bonds. The van der Waals surface area contributed by atoms with Crippen molar-refractivity contribution in [3.05, 3.63) is 48.6 Å². The van der Waals surface area contributed by atoms with Crippen LogP contribution in [-0.2, 0) is 18.4 Å². The lowest BCUT2D eigenvalue weighted by atomic mass is 10.0. The molecule has 3 atom stereocenters. The standard InChI is InChI=1S/C48H91N2O6P/c1-3-5-7-9-11-13-15-17-19-21-22-23-24-26-27-29-31-33-35-37-39-41-47(51)46(45-56-57(53,54)55-44-43-49)50-48(52)42-40-38-36-34-32-30-28-25-20-18-16-14-12-10-8-6-4-2/h12,14,18,20,31,33,39,41,46-47,51H,3-11,13,15-17,19,21-30,32,34-38,40,42-45,49H2,1-2H3,(H,50,52)(H,53,54)/b14-12-,20-18-,33-31+,41-39+. The molecule has 0 saturated carbocycles. The third kappa shape index (κ3) is 42.4. The SMILES string of the molecule is CCCCC/C=C\C/C=C\CCCCCCCCCC(=O)NC(COP(=O)(O)OCCN)C(O)/C=C/CC/C=C/CCCCCCCCCCCCCCCCC. The lowest BCUT2D eigenvalue weighted by Crippen LogP contribution is -2.45. The number of nitrogens with one attached hydrogen (secondary N) is 1. The first kappa shape index (κ1) is 55.5. The Hall–Kier alpha value is -1.54. The zero-order valence-corrected chi connectivity index (χ0v) is 38.0. The highest BCUT2D eigenvalue weighted by Gasteiger charge is 2.26. The molecule has 0 spiro atoms. The van der Waals surface area contributed by atoms with Crippen molar-refractivity contribution >= 4 is 13.7 Å². The smallest absolute Gasteiger partial charge is 0.387 e. The molecular formula is C48H91N2O6P. The highest BCUT2D eigenvalue weighted by molar-refractivity contribution is 7.47. The quantitative estimate of drug-likeness (QED) is 0.0273. The van der Waals surface area contributed by atoms with E-state index >= 15 is 0 Å². The summed E-state index contributed by atoms with van der Waals surface area (Å²) >= 11 is 0. The van der Waals surface area contributed by atoms with Crippen molar-refractivity contribution < 1.29 is 28.4 Å². The largest absolute Gasteiger partial charge is 0.472 e. The first-order valence-electron chi connectivity index (χ1n) is 23.8. The second-order valence-corrected chi connectivity index (χ2v) is 17.4. The van der Waals surface area contributed by atoms with Gasteiger partial charge in [0.25, 0.3) is 0 Å². The molecule has 0 aliphatic rings. The summed E-state index contributed by atoms with van der Waals surface area (Å²) in [5.74, 6) is -0.212. The van der Waals surface area contributed by atoms with E-state index in [1.165, 1.54) is 141 Å². The number of allylic oxidation sites excluding steroid dienone is 7. The van der Waals surface area contributed by atoms with Gasteiger partial charge in [-0.15, -0.1) is 0 Å². The van der Waals surface area contributed by atoms with Crippen LogP contribution in [0.4, 0.5) is 0 Å². The Morgan fingerprint density at radius 2 is 0.982 bits per heavy atom. The van der Waals surface area contributed by atoms with Crippen LogP contribution in [0.2, 0.25) is 0 Å². The Kier molecular flexibility index (Phi) is 42.8. The first-order valence-corrected chi connectivity index (χ1v) is 25.3. The van der Waals surface area contributed by atoms with E-state index in [0.717, 1.165) is 57.8 Å². The predicted octanol–water partition coefficient (Wildman–Crippen LogP) is 13.7. The van der Waals surface area contributed by atoms with Gasteiger partial charge >= 0.3 is 7.82 Å². The van der Waals surface area contributed by atoms with E-state index in [4.69, 9.17) is 14.8 Å². The number of aliphatic hydroxyl groups is 1. The van der Waals surface area contributed by atoms with E-state index in [9.17, 15) is 19.4 Å². The number of carbonyl (C=O) groups is 1. The Balaban J connectivity index is 4.21. The maximum atomic E-state index is 12.8. The van der Waals surface area contributed by atoms with E-state index in [2.05, 4.69) is 55.6 Å². The summed E-state index contributed by atoms with van der Waals surface area (Å²) in [5, 5.41) is 13.7. The molecule has 57 heavy (non-hydrogen) atoms. The first-order chi connectivity index (χ1) is 27.9. The number of nitrogens with two attached hydrogens (primary N) is 1. The van der Waals surface area contributed by atoms with E-state index < -0.39 is 20.0 Å². The monoisotopic (exact) mass is 823 g/mol. The van der Waals surface area contributed by atoms with Crippen LogP contribution in [0.1, 0.15) is 219 Å². The van der Waals surface area contributed by atoms with Crippen LogP contribution in [0.5, 0.6) is 0 Å². The van der Waals surface area contributed by atoms with Gasteiger partial charge in [0, 0.05) is 13.0 Å². The molecule has 0 fully saturated rings. The zero-order chi connectivity index (χ0) is 41.8. The van der Waals surface area contributed by atoms with E-state index in [1.807, 2.05) is 6.08 Å². The van der Waals surface area contributed by atoms with Crippen LogP contribution in [0.3, 0.4) is 0 Å². The van der Waals surface area contributed by atoms with Gasteiger partial charge in [0.1, 0.15) is 0 Å². The van der Waals surface area contributed by atoms with Crippen molar-refractivity contribution in [2.24, 2.45) is 5.73 Å². The van der Waals surface area contributed by atoms with Crippen LogP contribution in [0.15, 0.2) is 48.6 Å². The van der Waals surface area contributed by atoms with E-state index in [0.29, 0.717) is 6.42 Å². The maximum Gasteiger partial charge on any atom is 0.472 e. The average molecular weight is 823 g/mol. The van der Waals surface area contributed by atoms with Crippen molar-refractivity contribution in [2.75, 3.05) is 19.8 Å². The average Bonchev–Trinajstić information content (AvgIpc) is 3.20. The van der Waals surface area contributed by atoms with Gasteiger partial charge in [-0.25, -0.2) is 4.57 Å². The molecule has 0 bridgehead atoms. The molecule has 0 heterocycles. The van der Waals surface area contributed by atoms with E-state index in [-0.39, 0.29) is 25.7 Å². The molecule has 3 unspecified atom stereocenters. The van der Waals surface area contributed by atoms with Crippen LogP contribution >= 0.6 is 7.82 Å². The van der Waals surface area contributed by atoms with Crippen LogP contribution in [-0.4, -0.2) is 47.8 Å². The Bertz CT molecular complexity index is 1030. The molecule has 0 aromatic rings. The molecule has 0 aliphatic heterocycles. The molecule has 5 N–H and O–H groups in total. The van der Waals surface area contributed by atoms with Crippen molar-refractivity contribution in [3.8, 4) is 0 Å². The minimum atomic E-state index is -4.35. The number of unbranched alkanes of at least 4 members (excludes halogenated alkanes) is 26. The van der Waals surface area contributed by atoms with Gasteiger partial charge in [0.15, 0.2) is 0 Å². The highest BCUT2D eigenvalue weighted by Crippen LogP contribution is 2.43. The van der Waals surface area contributed by atoms with Gasteiger partial charge in [-0.3, -0.25) is 13.8 Å². The number of phosphoric ester groups is 1. The lowest BCUT2D eigenvalue weighted by Gasteiger charge is -2.23. The zero-order valence-electron chi connectivity index (χ0n) is 37.1. The summed E-state index contributed by atoms with van der Waals surface area (Å²) in [6.45, 7) is 4.09. The molecule has 9 heteroatoms. The molecule has 0 saturated heterocycles. The molecule has 334 valence electrons. The fourth-order valence-electron chi connectivity index (χ4n) is 6.77. The number of amides is 1. The van der Waals surface area contributed by atoms with Gasteiger partial charge in [0.2, 0.25) is 5.91 Å². The summed E-state index contributed by atoms with van der Waals surface area (Å²) < 4.78 is 22.2. The van der Waals surface area contributed by atoms with Crippen molar-refractivity contribution in [1.29, 1.82) is 0 Å². The molecule has 0 aliphatic carbocycles. The minimum absolute atomic E-state index is 0.0715. The van der Waals surface area contributed by atoms with Gasteiger partial charge in [0.05, 0.1) is 25.4 Å². The van der Waals surface area contributed by atoms with Gasteiger partial charge < -0.3 is 21.1 Å². The second kappa shape index (κ2) is 44.0. The normalized spacial score (nSPS) is 14.4. The molecule has 0 rings (SSSR count). The molecule has 0 aromatic carbocycles. The Labute approximate surface area is 352 Å². The fraction of sp³-hybridized carbons (Fsp3) is 0.812. The molecule has 0 radical (unpaired) electrons. The number of carbonyl (C=O) groups excluding carboxylic acids is 1. The molecule has 8 nitrogen and oxygen atoms in total. The van der Waals surface area contributed by atoms with Crippen molar-refractivity contribution in [3.63, 3.8) is 0 Å². The second-order valence-electron chi connectivity index (χ2n) is 16.0. The Morgan fingerprint density at radius 3 is 1.49 bits per heavy atom. The Morgan fingerprint density at radius 1 is 0.579 bits per heavy atom. The fourth-order valence-corrected chi connectivity index (χ4v) is 7.53. The molecule has 0 aromatic heterocycles. The highest BCUT2D eigenvalue weighted by atomic mass is 31.2. The minimum Gasteiger partial charge on any atom is -0.387 e. The number of rotatable bonds is 44. The summed E-state index contributed by atoms with van der Waals surface area (Å²) in [7, 11) is -4.35. The summed E-state index contributed by atoms with van der Waals surface area (Å²) in [6.07, 6.45) is 54.5. The lowest BCUT2D eigenvalue weighted by molar-refractivity contribution is -0.123. The summed E-state index contributed by atoms with van der Waals surface area (Å²) in [4.78, 5) is 22.7. The van der Waals surface area contributed by atoms with Crippen LogP contribution < -0.4 is 11.1 Å². The molecular weight excluding hydrogens is 732 g/mol. The van der Waals surface area contributed by atoms with E-state index in [1.54, 1.807) is 6.08 Å². The topological polar surface area (TPSA) is 131 Å². The maximum absolute atomic E-state index is 12.8. The van der Waals surface area contributed by atoms with Gasteiger partial charge in [-0.1, -0.05) is 197 Å². The predicted molar refractivity (Wildman–Crippen MR) is 244 cm³/mol. The van der Waals surface area contributed by atoms with Crippen molar-refractivity contribution in [2.45, 2.75) is 231 Å². The third-order valence-corrected chi connectivity index (χ3v) is 11.4. The van der Waals surface area contributed by atoms with Gasteiger partial charge in [-0.05, 0) is 64.2 Å². The number of aliphatic hydroxyl groups excluding tert-OH is 1. The number of phosphoric acid groups is 1. The van der Waals surface area contributed by atoms with Crippen LogP contribution in [0, 0.1) is 0 Å². The summed E-state index contributed by atoms with van der Waals surface area (Å²) in [6, 6.07) is -0.882. The van der Waals surface area contributed by atoms with Crippen LogP contribution in [0.25, 0.3) is 0 Å².